The Morgan fingerprint density at radius 1 is 0.929 bits per heavy atom. The highest BCUT2D eigenvalue weighted by atomic mass is 19.1. The van der Waals surface area contributed by atoms with Crippen LogP contribution in [0.5, 0.6) is 0 Å². The molecule has 1 fully saturated rings. The molecular weight excluding hydrogens is 357 g/mol. The summed E-state index contributed by atoms with van der Waals surface area (Å²) in [6, 6.07) is 12.7. The molecule has 0 atom stereocenters. The highest BCUT2D eigenvalue weighted by Gasteiger charge is 2.19. The number of carbonyl (C=O) groups excluding carboxylic acids is 1. The Labute approximate surface area is 162 Å². The predicted molar refractivity (Wildman–Crippen MR) is 108 cm³/mol. The summed E-state index contributed by atoms with van der Waals surface area (Å²) in [4.78, 5) is 23.5. The Morgan fingerprint density at radius 3 is 2.43 bits per heavy atom. The molecule has 3 aromatic rings. The number of benzene rings is 2. The smallest absolute Gasteiger partial charge is 0.323 e. The van der Waals surface area contributed by atoms with Crippen LogP contribution in [0.25, 0.3) is 11.3 Å². The third kappa shape index (κ3) is 4.09. The maximum Gasteiger partial charge on any atom is 0.323 e. The van der Waals surface area contributed by atoms with Gasteiger partial charge in [-0.25, -0.2) is 14.2 Å². The molecule has 0 spiro atoms. The molecule has 1 aliphatic rings. The topological polar surface area (TPSA) is 70.1 Å². The van der Waals surface area contributed by atoms with Crippen LogP contribution in [0.2, 0.25) is 0 Å². The summed E-state index contributed by atoms with van der Waals surface area (Å²) in [5, 5.41) is 5.48. The predicted octanol–water partition coefficient (Wildman–Crippen LogP) is 4.53. The zero-order valence-electron chi connectivity index (χ0n) is 15.2. The van der Waals surface area contributed by atoms with Crippen LogP contribution in [-0.4, -0.2) is 29.1 Å². The van der Waals surface area contributed by atoms with Crippen molar-refractivity contribution in [3.63, 3.8) is 0 Å². The van der Waals surface area contributed by atoms with E-state index in [9.17, 15) is 9.18 Å². The van der Waals surface area contributed by atoms with Gasteiger partial charge in [0.05, 0.1) is 0 Å². The molecule has 1 aliphatic heterocycles. The lowest BCUT2D eigenvalue weighted by atomic mass is 10.1. The number of hydrogen-bond acceptors (Lipinski definition) is 4. The van der Waals surface area contributed by atoms with Crippen molar-refractivity contribution in [1.29, 1.82) is 0 Å². The summed E-state index contributed by atoms with van der Waals surface area (Å²) >= 11 is 0. The zero-order valence-corrected chi connectivity index (χ0v) is 15.2. The van der Waals surface area contributed by atoms with Gasteiger partial charge in [-0.2, -0.15) is 0 Å². The van der Waals surface area contributed by atoms with E-state index in [-0.39, 0.29) is 5.82 Å². The van der Waals surface area contributed by atoms with Crippen molar-refractivity contribution in [1.82, 2.24) is 9.97 Å². The molecule has 0 aliphatic carbocycles. The van der Waals surface area contributed by atoms with Crippen molar-refractivity contribution >= 4 is 23.2 Å². The average Bonchev–Trinajstić information content (AvgIpc) is 3.25. The molecule has 0 unspecified atom stereocenters. The van der Waals surface area contributed by atoms with Gasteiger partial charge in [0.1, 0.15) is 11.5 Å². The number of nitrogens with zero attached hydrogens (tertiary/aromatic N) is 3. The van der Waals surface area contributed by atoms with E-state index in [0.29, 0.717) is 11.4 Å². The molecule has 4 rings (SSSR count). The number of nitrogens with one attached hydrogen (secondary N) is 2. The third-order valence-electron chi connectivity index (χ3n) is 4.58. The van der Waals surface area contributed by atoms with Crippen LogP contribution in [0.1, 0.15) is 12.8 Å². The molecule has 2 aromatic carbocycles. The second-order valence-electron chi connectivity index (χ2n) is 6.59. The minimum absolute atomic E-state index is 0.351. The monoisotopic (exact) mass is 377 g/mol. The average molecular weight is 377 g/mol. The van der Waals surface area contributed by atoms with Gasteiger partial charge in [-0.15, -0.1) is 0 Å². The number of aromatic nitrogens is 2. The van der Waals surface area contributed by atoms with Crippen LogP contribution < -0.4 is 15.5 Å². The molecule has 1 saturated heterocycles. The molecular formula is C21H20FN5O. The molecule has 0 bridgehead atoms. The quantitative estimate of drug-likeness (QED) is 0.701. The molecule has 0 saturated carbocycles. The molecule has 28 heavy (non-hydrogen) atoms. The van der Waals surface area contributed by atoms with Gasteiger partial charge >= 0.3 is 6.03 Å². The lowest BCUT2D eigenvalue weighted by Crippen LogP contribution is -2.20. The van der Waals surface area contributed by atoms with Crippen LogP contribution in [0.15, 0.2) is 60.9 Å². The fourth-order valence-electron chi connectivity index (χ4n) is 3.27. The highest BCUT2D eigenvalue weighted by molar-refractivity contribution is 6.00. The third-order valence-corrected chi connectivity index (χ3v) is 4.58. The summed E-state index contributed by atoms with van der Waals surface area (Å²) in [5.41, 5.74) is 2.83. The van der Waals surface area contributed by atoms with Crippen LogP contribution in [0.4, 0.5) is 26.4 Å². The first-order valence-corrected chi connectivity index (χ1v) is 9.19. The second-order valence-corrected chi connectivity index (χ2v) is 6.59. The first-order chi connectivity index (χ1) is 13.7. The van der Waals surface area contributed by atoms with Crippen molar-refractivity contribution in [3.05, 3.63) is 66.7 Å². The number of anilines is 3. The van der Waals surface area contributed by atoms with Crippen molar-refractivity contribution in [3.8, 4) is 11.3 Å². The lowest BCUT2D eigenvalue weighted by molar-refractivity contribution is 0.262. The standard InChI is InChI=1S/C21H20FN5O/c22-16-6-8-17(9-7-16)25-21(28)26-18-5-3-4-15(14-18)19-20(24-11-10-23-19)27-12-1-2-13-27/h3-11,14H,1-2,12-13H2,(H2,25,26,28). The number of urea groups is 1. The Kier molecular flexibility index (Phi) is 5.14. The first kappa shape index (κ1) is 17.9. The van der Waals surface area contributed by atoms with Crippen molar-refractivity contribution in [2.75, 3.05) is 28.6 Å². The van der Waals surface area contributed by atoms with E-state index in [1.165, 1.54) is 24.3 Å². The fraction of sp³-hybridized carbons (Fsp3) is 0.190. The minimum atomic E-state index is -0.400. The summed E-state index contributed by atoms with van der Waals surface area (Å²) in [6.07, 6.45) is 5.69. The van der Waals surface area contributed by atoms with E-state index in [2.05, 4.69) is 25.5 Å². The maximum atomic E-state index is 13.0. The van der Waals surface area contributed by atoms with E-state index < -0.39 is 6.03 Å². The Bertz CT molecular complexity index is 971. The second kappa shape index (κ2) is 8.04. The van der Waals surface area contributed by atoms with Crippen LogP contribution in [0.3, 0.4) is 0 Å². The van der Waals surface area contributed by atoms with E-state index in [1.54, 1.807) is 18.5 Å². The van der Waals surface area contributed by atoms with Gasteiger partial charge in [0.25, 0.3) is 0 Å². The largest absolute Gasteiger partial charge is 0.355 e. The molecule has 0 radical (unpaired) electrons. The molecule has 2 N–H and O–H groups in total. The SMILES string of the molecule is O=C(Nc1ccc(F)cc1)Nc1cccc(-c2nccnc2N2CCCC2)c1. The Morgan fingerprint density at radius 2 is 1.64 bits per heavy atom. The number of carbonyl (C=O) groups is 1. The highest BCUT2D eigenvalue weighted by Crippen LogP contribution is 2.30. The van der Waals surface area contributed by atoms with Gasteiger partial charge in [0, 0.05) is 42.4 Å². The molecule has 2 amide bonds. The Balaban J connectivity index is 1.52. The van der Waals surface area contributed by atoms with Crippen molar-refractivity contribution in [2.24, 2.45) is 0 Å². The fourth-order valence-corrected chi connectivity index (χ4v) is 3.27. The van der Waals surface area contributed by atoms with Crippen LogP contribution in [0, 0.1) is 5.82 Å². The van der Waals surface area contributed by atoms with Gasteiger partial charge in [-0.3, -0.25) is 4.98 Å². The lowest BCUT2D eigenvalue weighted by Gasteiger charge is -2.19. The molecule has 6 nitrogen and oxygen atoms in total. The number of halogens is 1. The zero-order chi connectivity index (χ0) is 19.3. The summed E-state index contributed by atoms with van der Waals surface area (Å²) < 4.78 is 13.0. The summed E-state index contributed by atoms with van der Waals surface area (Å²) in [6.45, 7) is 1.95. The number of hydrogen-bond donors (Lipinski definition) is 2. The normalized spacial score (nSPS) is 13.4. The van der Waals surface area contributed by atoms with Gasteiger partial charge in [-0.05, 0) is 49.2 Å². The maximum absolute atomic E-state index is 13.0. The van der Waals surface area contributed by atoms with E-state index in [4.69, 9.17) is 0 Å². The van der Waals surface area contributed by atoms with Gasteiger partial charge in [0.15, 0.2) is 5.82 Å². The first-order valence-electron chi connectivity index (χ1n) is 9.19. The summed E-state index contributed by atoms with van der Waals surface area (Å²) in [7, 11) is 0. The van der Waals surface area contributed by atoms with Gasteiger partial charge in [0.2, 0.25) is 0 Å². The van der Waals surface area contributed by atoms with Crippen molar-refractivity contribution in [2.45, 2.75) is 12.8 Å². The molecule has 7 heteroatoms. The molecule has 2 heterocycles. The van der Waals surface area contributed by atoms with Gasteiger partial charge < -0.3 is 15.5 Å². The van der Waals surface area contributed by atoms with Crippen LogP contribution in [-0.2, 0) is 0 Å². The number of rotatable bonds is 4. The van der Waals surface area contributed by atoms with E-state index in [0.717, 1.165) is 43.0 Å². The van der Waals surface area contributed by atoms with Gasteiger partial charge in [-0.1, -0.05) is 12.1 Å². The summed E-state index contributed by atoms with van der Waals surface area (Å²) in [5.74, 6) is 0.518. The van der Waals surface area contributed by atoms with E-state index in [1.807, 2.05) is 18.2 Å². The molecule has 142 valence electrons. The van der Waals surface area contributed by atoms with Crippen LogP contribution >= 0.6 is 0 Å². The van der Waals surface area contributed by atoms with E-state index >= 15 is 0 Å². The minimum Gasteiger partial charge on any atom is -0.355 e. The van der Waals surface area contributed by atoms with Crippen molar-refractivity contribution < 1.29 is 9.18 Å². The Hall–Kier alpha value is -3.48. The number of amides is 2. The molecule has 1 aromatic heterocycles.